The molecule has 3 aromatic rings. The summed E-state index contributed by atoms with van der Waals surface area (Å²) < 4.78 is 51.0. The summed E-state index contributed by atoms with van der Waals surface area (Å²) in [6, 6.07) is 4.35. The first-order valence-electron chi connectivity index (χ1n) is 12.0. The predicted molar refractivity (Wildman–Crippen MR) is 128 cm³/mol. The Morgan fingerprint density at radius 1 is 1.29 bits per heavy atom. The van der Waals surface area contributed by atoms with Crippen molar-refractivity contribution in [3.05, 3.63) is 62.4 Å². The van der Waals surface area contributed by atoms with Crippen molar-refractivity contribution in [2.24, 2.45) is 11.8 Å². The molecule has 3 aliphatic rings. The van der Waals surface area contributed by atoms with Gasteiger partial charge in [-0.25, -0.2) is 14.1 Å². The number of piperidine rings is 1. The second-order valence-corrected chi connectivity index (χ2v) is 11.8. The molecule has 1 saturated heterocycles. The van der Waals surface area contributed by atoms with Crippen LogP contribution in [0.3, 0.4) is 0 Å². The molecule has 10 heteroatoms. The molecule has 3 aromatic heterocycles. The summed E-state index contributed by atoms with van der Waals surface area (Å²) >= 11 is 7.34. The predicted octanol–water partition coefficient (Wildman–Crippen LogP) is 5.93. The minimum Gasteiger partial charge on any atom is -0.363 e. The number of fused-ring (bicyclic) bond motifs is 2. The SMILES string of the molecule is CC1CC1Cc1nn(-c2ncccc2F)cc1CN1CCC2(CC1)OCC(F)(F)c1cc(Cl)sc12. The highest BCUT2D eigenvalue weighted by atomic mass is 35.5. The summed E-state index contributed by atoms with van der Waals surface area (Å²) in [6.45, 7) is 3.68. The van der Waals surface area contributed by atoms with E-state index in [-0.39, 0.29) is 11.4 Å². The zero-order valence-corrected chi connectivity index (χ0v) is 20.9. The van der Waals surface area contributed by atoms with Crippen LogP contribution in [-0.4, -0.2) is 39.4 Å². The van der Waals surface area contributed by atoms with Crippen LogP contribution in [-0.2, 0) is 29.2 Å². The summed E-state index contributed by atoms with van der Waals surface area (Å²) in [5.41, 5.74) is 1.34. The molecule has 1 aliphatic carbocycles. The molecule has 2 fully saturated rings. The van der Waals surface area contributed by atoms with Gasteiger partial charge in [0, 0.05) is 48.0 Å². The van der Waals surface area contributed by atoms with Crippen LogP contribution in [0.15, 0.2) is 30.6 Å². The minimum absolute atomic E-state index is 0.0201. The minimum atomic E-state index is -3.01. The van der Waals surface area contributed by atoms with E-state index in [4.69, 9.17) is 21.4 Å². The lowest BCUT2D eigenvalue weighted by Crippen LogP contribution is -2.48. The highest BCUT2D eigenvalue weighted by Gasteiger charge is 2.51. The summed E-state index contributed by atoms with van der Waals surface area (Å²) in [6.07, 6.45) is 6.73. The zero-order valence-electron chi connectivity index (χ0n) is 19.3. The number of rotatable bonds is 5. The standard InChI is InChI=1S/C25H26ClF3N4OS/c1-15-9-16(15)10-20-17(13-33(31-20)23-19(27)3-2-6-30-23)12-32-7-4-24(5-8-32)22-18(11-21(26)35-22)25(28,29)14-34-24/h2-3,6,11,13,15-16H,4-5,7-10,12,14H2,1H3. The Balaban J connectivity index is 1.22. The van der Waals surface area contributed by atoms with Crippen LogP contribution in [0.2, 0.25) is 4.34 Å². The van der Waals surface area contributed by atoms with Gasteiger partial charge in [0.05, 0.1) is 10.0 Å². The topological polar surface area (TPSA) is 43.2 Å². The molecule has 1 spiro atoms. The van der Waals surface area contributed by atoms with Crippen molar-refractivity contribution in [1.29, 1.82) is 0 Å². The number of aromatic nitrogens is 3. The van der Waals surface area contributed by atoms with E-state index in [1.54, 1.807) is 16.9 Å². The van der Waals surface area contributed by atoms with E-state index in [1.807, 2.05) is 6.20 Å². The third kappa shape index (κ3) is 4.30. The van der Waals surface area contributed by atoms with Gasteiger partial charge < -0.3 is 4.74 Å². The van der Waals surface area contributed by atoms with Crippen LogP contribution in [0.25, 0.3) is 5.82 Å². The maximum Gasteiger partial charge on any atom is 0.297 e. The normalized spacial score (nSPS) is 25.1. The average Bonchev–Trinajstić information content (AvgIpc) is 3.17. The van der Waals surface area contributed by atoms with Crippen LogP contribution >= 0.6 is 22.9 Å². The lowest BCUT2D eigenvalue weighted by atomic mass is 9.84. The second kappa shape index (κ2) is 8.57. The number of halogens is 4. The van der Waals surface area contributed by atoms with E-state index >= 15 is 0 Å². The van der Waals surface area contributed by atoms with Crippen molar-refractivity contribution < 1.29 is 17.9 Å². The molecular formula is C25H26ClF3N4OS. The van der Waals surface area contributed by atoms with Gasteiger partial charge in [-0.05, 0) is 55.7 Å². The van der Waals surface area contributed by atoms with Gasteiger partial charge in [0.25, 0.3) is 5.92 Å². The third-order valence-electron chi connectivity index (χ3n) is 7.66. The monoisotopic (exact) mass is 522 g/mol. The van der Waals surface area contributed by atoms with Crippen molar-refractivity contribution in [3.8, 4) is 5.82 Å². The maximum atomic E-state index is 14.4. The van der Waals surface area contributed by atoms with Crippen molar-refractivity contribution in [2.45, 2.75) is 50.7 Å². The van der Waals surface area contributed by atoms with E-state index in [2.05, 4.69) is 16.8 Å². The number of pyridine rings is 1. The lowest BCUT2D eigenvalue weighted by molar-refractivity contribution is -0.182. The summed E-state index contributed by atoms with van der Waals surface area (Å²) in [5, 5.41) is 4.72. The zero-order chi connectivity index (χ0) is 24.4. The van der Waals surface area contributed by atoms with Gasteiger partial charge in [0.15, 0.2) is 11.6 Å². The molecule has 6 rings (SSSR count). The number of nitrogens with zero attached hydrogens (tertiary/aromatic N) is 4. The van der Waals surface area contributed by atoms with Crippen LogP contribution in [0.5, 0.6) is 0 Å². The van der Waals surface area contributed by atoms with Crippen molar-refractivity contribution in [3.63, 3.8) is 0 Å². The molecule has 2 unspecified atom stereocenters. The Bertz CT molecular complexity index is 1250. The van der Waals surface area contributed by atoms with E-state index in [9.17, 15) is 13.2 Å². The van der Waals surface area contributed by atoms with E-state index < -0.39 is 23.9 Å². The van der Waals surface area contributed by atoms with E-state index in [1.165, 1.54) is 29.9 Å². The highest BCUT2D eigenvalue weighted by molar-refractivity contribution is 7.16. The molecule has 2 aliphatic heterocycles. The van der Waals surface area contributed by atoms with Gasteiger partial charge in [-0.2, -0.15) is 13.9 Å². The largest absolute Gasteiger partial charge is 0.363 e. The number of ether oxygens (including phenoxy) is 1. The molecule has 35 heavy (non-hydrogen) atoms. The van der Waals surface area contributed by atoms with Gasteiger partial charge in [0.1, 0.15) is 12.2 Å². The molecule has 0 N–H and O–H groups in total. The molecule has 0 bridgehead atoms. The van der Waals surface area contributed by atoms with Gasteiger partial charge in [-0.1, -0.05) is 18.5 Å². The fraction of sp³-hybridized carbons (Fsp3) is 0.520. The number of hydrogen-bond acceptors (Lipinski definition) is 5. The number of alkyl halides is 2. The number of thiophene rings is 1. The Morgan fingerprint density at radius 3 is 2.77 bits per heavy atom. The van der Waals surface area contributed by atoms with Crippen molar-refractivity contribution in [2.75, 3.05) is 19.7 Å². The molecule has 0 aromatic carbocycles. The second-order valence-electron chi connectivity index (χ2n) is 10.1. The fourth-order valence-corrected chi connectivity index (χ4v) is 6.84. The fourth-order valence-electron chi connectivity index (χ4n) is 5.36. The molecule has 0 amide bonds. The van der Waals surface area contributed by atoms with E-state index in [0.29, 0.717) is 53.5 Å². The molecule has 5 nitrogen and oxygen atoms in total. The molecule has 5 heterocycles. The average molecular weight is 523 g/mol. The molecule has 186 valence electrons. The highest BCUT2D eigenvalue weighted by Crippen LogP contribution is 2.52. The first-order valence-corrected chi connectivity index (χ1v) is 13.2. The summed E-state index contributed by atoms with van der Waals surface area (Å²) in [4.78, 5) is 7.04. The van der Waals surface area contributed by atoms with Crippen LogP contribution in [0.1, 0.15) is 47.9 Å². The van der Waals surface area contributed by atoms with Crippen LogP contribution in [0, 0.1) is 17.7 Å². The Morgan fingerprint density at radius 2 is 2.06 bits per heavy atom. The Labute approximate surface area is 210 Å². The third-order valence-corrected chi connectivity index (χ3v) is 9.11. The van der Waals surface area contributed by atoms with Gasteiger partial charge in [-0.3, -0.25) is 4.90 Å². The van der Waals surface area contributed by atoms with Gasteiger partial charge in [-0.15, -0.1) is 11.3 Å². The van der Waals surface area contributed by atoms with Crippen molar-refractivity contribution >= 4 is 22.9 Å². The first kappa shape index (κ1) is 23.5. The smallest absolute Gasteiger partial charge is 0.297 e. The summed E-state index contributed by atoms with van der Waals surface area (Å²) in [5.74, 6) is -1.94. The number of hydrogen-bond donors (Lipinski definition) is 0. The first-order chi connectivity index (χ1) is 16.7. The van der Waals surface area contributed by atoms with Crippen molar-refractivity contribution in [1.82, 2.24) is 19.7 Å². The van der Waals surface area contributed by atoms with Crippen LogP contribution in [0.4, 0.5) is 13.2 Å². The summed E-state index contributed by atoms with van der Waals surface area (Å²) in [7, 11) is 0. The maximum absolute atomic E-state index is 14.4. The molecule has 1 saturated carbocycles. The van der Waals surface area contributed by atoms with Gasteiger partial charge >= 0.3 is 0 Å². The van der Waals surface area contributed by atoms with E-state index in [0.717, 1.165) is 17.7 Å². The quantitative estimate of drug-likeness (QED) is 0.416. The molecular weight excluding hydrogens is 497 g/mol. The van der Waals surface area contributed by atoms with Gasteiger partial charge in [0.2, 0.25) is 0 Å². The lowest BCUT2D eigenvalue weighted by Gasteiger charge is -2.45. The Hall–Kier alpha value is -1.94. The molecule has 0 radical (unpaired) electrons. The Kier molecular flexibility index (Phi) is 5.75. The molecule has 2 atom stereocenters. The number of likely N-dealkylation sites (tertiary alicyclic amines) is 1. The van der Waals surface area contributed by atoms with Crippen LogP contribution < -0.4 is 0 Å².